The van der Waals surface area contributed by atoms with Crippen molar-refractivity contribution < 1.29 is 9.53 Å². The van der Waals surface area contributed by atoms with Crippen molar-refractivity contribution in [1.82, 2.24) is 5.32 Å². The second-order valence-electron chi connectivity index (χ2n) is 3.93. The Kier molecular flexibility index (Phi) is 6.00. The minimum Gasteiger partial charge on any atom is -0.397 e. The molecule has 0 saturated carbocycles. The number of hydrogen-bond donors (Lipinski definition) is 3. The first-order chi connectivity index (χ1) is 8.69. The zero-order valence-electron chi connectivity index (χ0n) is 11.0. The van der Waals surface area contributed by atoms with Crippen molar-refractivity contribution in [2.24, 2.45) is 0 Å². The topological polar surface area (TPSA) is 76.4 Å². The van der Waals surface area contributed by atoms with Gasteiger partial charge in [-0.25, -0.2) is 0 Å². The van der Waals surface area contributed by atoms with Gasteiger partial charge in [0, 0.05) is 32.4 Å². The first-order valence-electron chi connectivity index (χ1n) is 6.09. The van der Waals surface area contributed by atoms with Crippen molar-refractivity contribution in [3.8, 4) is 0 Å². The molecule has 0 spiro atoms. The van der Waals surface area contributed by atoms with Crippen LogP contribution in [0.15, 0.2) is 18.2 Å². The third-order valence-electron chi connectivity index (χ3n) is 2.49. The smallest absolute Gasteiger partial charge is 0.251 e. The molecule has 18 heavy (non-hydrogen) atoms. The second kappa shape index (κ2) is 7.55. The van der Waals surface area contributed by atoms with E-state index in [0.717, 1.165) is 18.7 Å². The molecule has 1 aromatic carbocycles. The maximum absolute atomic E-state index is 11.7. The summed E-state index contributed by atoms with van der Waals surface area (Å²) >= 11 is 0. The summed E-state index contributed by atoms with van der Waals surface area (Å²) in [5.41, 5.74) is 7.89. The highest BCUT2D eigenvalue weighted by Crippen LogP contribution is 2.19. The maximum Gasteiger partial charge on any atom is 0.251 e. The molecule has 0 saturated heterocycles. The van der Waals surface area contributed by atoms with Crippen molar-refractivity contribution in [2.45, 2.75) is 13.3 Å². The fraction of sp³-hybridized carbons (Fsp3) is 0.462. The number of carbonyl (C=O) groups is 1. The Labute approximate surface area is 108 Å². The lowest BCUT2D eigenvalue weighted by Crippen LogP contribution is -2.22. The summed E-state index contributed by atoms with van der Waals surface area (Å²) in [4.78, 5) is 11.7. The highest BCUT2D eigenvalue weighted by Gasteiger charge is 2.07. The molecule has 0 bridgehead atoms. The standard InChI is InChI=1S/C13H21N3O2/c1-3-15-13(17)10-5-6-11(14)12(9-10)16-7-4-8-18-2/h5-6,9,16H,3-4,7-8,14H2,1-2H3,(H,15,17). The average Bonchev–Trinajstić information content (AvgIpc) is 2.37. The van der Waals surface area contributed by atoms with Crippen LogP contribution >= 0.6 is 0 Å². The minimum absolute atomic E-state index is 0.0857. The normalized spacial score (nSPS) is 10.1. The predicted molar refractivity (Wildman–Crippen MR) is 73.8 cm³/mol. The Balaban J connectivity index is 2.66. The van der Waals surface area contributed by atoms with Crippen LogP contribution in [0.25, 0.3) is 0 Å². The number of nitrogens with one attached hydrogen (secondary N) is 2. The third kappa shape index (κ3) is 4.25. The van der Waals surface area contributed by atoms with Gasteiger partial charge < -0.3 is 21.1 Å². The number of hydrogen-bond acceptors (Lipinski definition) is 4. The number of nitrogen functional groups attached to an aromatic ring is 1. The summed E-state index contributed by atoms with van der Waals surface area (Å²) in [6.45, 7) is 3.96. The van der Waals surface area contributed by atoms with Crippen LogP contribution < -0.4 is 16.4 Å². The van der Waals surface area contributed by atoms with Gasteiger partial charge in [-0.3, -0.25) is 4.79 Å². The Morgan fingerprint density at radius 1 is 1.44 bits per heavy atom. The van der Waals surface area contributed by atoms with E-state index in [4.69, 9.17) is 10.5 Å². The van der Waals surface area contributed by atoms with E-state index in [1.54, 1.807) is 25.3 Å². The fourth-order valence-corrected chi connectivity index (χ4v) is 1.55. The molecule has 1 rings (SSSR count). The highest BCUT2D eigenvalue weighted by atomic mass is 16.5. The van der Waals surface area contributed by atoms with Crippen molar-refractivity contribution in [1.29, 1.82) is 0 Å². The summed E-state index contributed by atoms with van der Waals surface area (Å²) in [5.74, 6) is -0.0857. The van der Waals surface area contributed by atoms with Gasteiger partial charge in [-0.2, -0.15) is 0 Å². The lowest BCUT2D eigenvalue weighted by atomic mass is 10.1. The molecule has 4 N–H and O–H groups in total. The molecule has 1 amide bonds. The number of amides is 1. The van der Waals surface area contributed by atoms with Gasteiger partial charge >= 0.3 is 0 Å². The Morgan fingerprint density at radius 2 is 2.22 bits per heavy atom. The predicted octanol–water partition coefficient (Wildman–Crippen LogP) is 1.47. The number of benzene rings is 1. The van der Waals surface area contributed by atoms with Crippen LogP contribution in [0, 0.1) is 0 Å². The summed E-state index contributed by atoms with van der Waals surface area (Å²) in [5, 5.41) is 5.96. The van der Waals surface area contributed by atoms with Crippen LogP contribution in [0.5, 0.6) is 0 Å². The molecule has 0 radical (unpaired) electrons. The molecule has 0 aliphatic carbocycles. The van der Waals surface area contributed by atoms with Gasteiger partial charge in [-0.05, 0) is 31.5 Å². The lowest BCUT2D eigenvalue weighted by molar-refractivity contribution is 0.0956. The molecular formula is C13H21N3O2. The van der Waals surface area contributed by atoms with E-state index in [0.29, 0.717) is 24.4 Å². The largest absolute Gasteiger partial charge is 0.397 e. The number of carbonyl (C=O) groups excluding carboxylic acids is 1. The van der Waals surface area contributed by atoms with E-state index in [1.807, 2.05) is 6.92 Å². The van der Waals surface area contributed by atoms with Gasteiger partial charge in [0.1, 0.15) is 0 Å². The fourth-order valence-electron chi connectivity index (χ4n) is 1.55. The second-order valence-corrected chi connectivity index (χ2v) is 3.93. The van der Waals surface area contributed by atoms with Crippen LogP contribution in [0.3, 0.4) is 0 Å². The first kappa shape index (κ1) is 14.3. The summed E-state index contributed by atoms with van der Waals surface area (Å²) in [6.07, 6.45) is 0.890. The van der Waals surface area contributed by atoms with Gasteiger partial charge in [0.15, 0.2) is 0 Å². The quantitative estimate of drug-likeness (QED) is 0.506. The van der Waals surface area contributed by atoms with Crippen molar-refractivity contribution in [3.05, 3.63) is 23.8 Å². The molecule has 0 heterocycles. The molecule has 5 nitrogen and oxygen atoms in total. The van der Waals surface area contributed by atoms with Gasteiger partial charge in [0.2, 0.25) is 0 Å². The monoisotopic (exact) mass is 251 g/mol. The molecular weight excluding hydrogens is 230 g/mol. The number of methoxy groups -OCH3 is 1. The molecule has 0 aliphatic heterocycles. The number of nitrogens with two attached hydrogens (primary N) is 1. The molecule has 1 aromatic rings. The Bertz CT molecular complexity index is 394. The van der Waals surface area contributed by atoms with Crippen LogP contribution in [0.2, 0.25) is 0 Å². The molecule has 0 aliphatic rings. The van der Waals surface area contributed by atoms with Gasteiger partial charge in [0.05, 0.1) is 11.4 Å². The number of ether oxygens (including phenoxy) is 1. The molecule has 100 valence electrons. The summed E-state index contributed by atoms with van der Waals surface area (Å²) in [6, 6.07) is 5.23. The maximum atomic E-state index is 11.7. The third-order valence-corrected chi connectivity index (χ3v) is 2.49. The summed E-state index contributed by atoms with van der Waals surface area (Å²) < 4.78 is 4.97. The zero-order chi connectivity index (χ0) is 13.4. The van der Waals surface area contributed by atoms with Crippen molar-refractivity contribution >= 4 is 17.3 Å². The molecule has 0 aromatic heterocycles. The van der Waals surface area contributed by atoms with Crippen molar-refractivity contribution in [3.63, 3.8) is 0 Å². The van der Waals surface area contributed by atoms with E-state index in [2.05, 4.69) is 10.6 Å². The van der Waals surface area contributed by atoms with E-state index in [9.17, 15) is 4.79 Å². The zero-order valence-corrected chi connectivity index (χ0v) is 11.0. The van der Waals surface area contributed by atoms with E-state index in [1.165, 1.54) is 0 Å². The first-order valence-corrected chi connectivity index (χ1v) is 6.09. The van der Waals surface area contributed by atoms with E-state index < -0.39 is 0 Å². The van der Waals surface area contributed by atoms with Gasteiger partial charge in [-0.15, -0.1) is 0 Å². The van der Waals surface area contributed by atoms with Crippen LogP contribution in [0.4, 0.5) is 11.4 Å². The summed E-state index contributed by atoms with van der Waals surface area (Å²) in [7, 11) is 1.67. The van der Waals surface area contributed by atoms with Crippen LogP contribution in [-0.4, -0.2) is 32.7 Å². The van der Waals surface area contributed by atoms with Crippen LogP contribution in [0.1, 0.15) is 23.7 Å². The number of anilines is 2. The molecule has 5 heteroatoms. The van der Waals surface area contributed by atoms with E-state index >= 15 is 0 Å². The van der Waals surface area contributed by atoms with Crippen molar-refractivity contribution in [2.75, 3.05) is 37.9 Å². The number of rotatable bonds is 7. The minimum atomic E-state index is -0.0857. The molecule has 0 unspecified atom stereocenters. The highest BCUT2D eigenvalue weighted by molar-refractivity contribution is 5.96. The van der Waals surface area contributed by atoms with E-state index in [-0.39, 0.29) is 5.91 Å². The Hall–Kier alpha value is -1.75. The van der Waals surface area contributed by atoms with Gasteiger partial charge in [-0.1, -0.05) is 0 Å². The average molecular weight is 251 g/mol. The molecule has 0 atom stereocenters. The lowest BCUT2D eigenvalue weighted by Gasteiger charge is -2.11. The SMILES string of the molecule is CCNC(=O)c1ccc(N)c(NCCCOC)c1. The van der Waals surface area contributed by atoms with Crippen LogP contribution in [-0.2, 0) is 4.74 Å². The Morgan fingerprint density at radius 3 is 2.89 bits per heavy atom. The molecule has 0 fully saturated rings. The van der Waals surface area contributed by atoms with Gasteiger partial charge in [0.25, 0.3) is 5.91 Å².